The molecule has 1 aromatic carbocycles. The summed E-state index contributed by atoms with van der Waals surface area (Å²) >= 11 is 0. The fourth-order valence-electron chi connectivity index (χ4n) is 2.68. The van der Waals surface area contributed by atoms with Crippen LogP contribution in [0.15, 0.2) is 18.3 Å². The first kappa shape index (κ1) is 15.1. The van der Waals surface area contributed by atoms with Crippen molar-refractivity contribution in [3.63, 3.8) is 0 Å². The van der Waals surface area contributed by atoms with Crippen molar-refractivity contribution in [2.45, 2.75) is 13.0 Å². The van der Waals surface area contributed by atoms with Crippen LogP contribution >= 0.6 is 0 Å². The van der Waals surface area contributed by atoms with Crippen LogP contribution in [-0.4, -0.2) is 58.8 Å². The molecule has 0 saturated carbocycles. The molecule has 2 heterocycles. The zero-order valence-electron chi connectivity index (χ0n) is 12.3. The zero-order chi connectivity index (χ0) is 15.7. The first-order chi connectivity index (χ1) is 10.5. The van der Waals surface area contributed by atoms with Crippen LogP contribution in [0.25, 0.3) is 11.0 Å². The molecule has 1 atom stereocenters. The molecule has 1 saturated heterocycles. The number of piperazine rings is 1. The number of hydrogen-bond acceptors (Lipinski definition) is 5. The topological polar surface area (TPSA) is 52.5 Å². The van der Waals surface area contributed by atoms with E-state index in [4.69, 9.17) is 0 Å². The molecular weight excluding hydrogens is 290 g/mol. The van der Waals surface area contributed by atoms with E-state index in [0.717, 1.165) is 38.3 Å². The number of aromatic nitrogens is 2. The molecule has 0 aliphatic carbocycles. The highest BCUT2D eigenvalue weighted by Gasteiger charge is 2.19. The molecule has 7 heteroatoms. The van der Waals surface area contributed by atoms with Gasteiger partial charge in [-0.15, -0.1) is 0 Å². The van der Waals surface area contributed by atoms with Gasteiger partial charge in [0.1, 0.15) is 5.82 Å². The molecule has 0 radical (unpaired) electrons. The molecule has 0 amide bonds. The quantitative estimate of drug-likeness (QED) is 0.929. The standard InChI is InChI=1S/C15H18F2N4O/c1-10(22)9-20-2-4-21(5-3-20)15-8-18-13-6-11(16)12(17)7-14(13)19-15/h6-8,10,22H,2-5,9H2,1H3/t10-/m1/s1. The third kappa shape index (κ3) is 3.15. The highest BCUT2D eigenvalue weighted by Crippen LogP contribution is 2.19. The summed E-state index contributed by atoms with van der Waals surface area (Å²) in [6, 6.07) is 2.13. The lowest BCUT2D eigenvalue weighted by atomic mass is 10.2. The summed E-state index contributed by atoms with van der Waals surface area (Å²) < 4.78 is 26.5. The van der Waals surface area contributed by atoms with Crippen LogP contribution < -0.4 is 4.90 Å². The van der Waals surface area contributed by atoms with Crippen LogP contribution in [0.4, 0.5) is 14.6 Å². The van der Waals surface area contributed by atoms with Crippen molar-refractivity contribution in [3.8, 4) is 0 Å². The summed E-state index contributed by atoms with van der Waals surface area (Å²) in [5.41, 5.74) is 0.693. The van der Waals surface area contributed by atoms with E-state index in [1.807, 2.05) is 0 Å². The highest BCUT2D eigenvalue weighted by molar-refractivity contribution is 5.75. The average molecular weight is 308 g/mol. The number of benzene rings is 1. The summed E-state index contributed by atoms with van der Waals surface area (Å²) in [7, 11) is 0. The largest absolute Gasteiger partial charge is 0.392 e. The maximum atomic E-state index is 13.3. The van der Waals surface area contributed by atoms with Crippen molar-refractivity contribution in [2.24, 2.45) is 0 Å². The van der Waals surface area contributed by atoms with E-state index >= 15 is 0 Å². The molecule has 5 nitrogen and oxygen atoms in total. The van der Waals surface area contributed by atoms with Gasteiger partial charge in [-0.2, -0.15) is 0 Å². The van der Waals surface area contributed by atoms with Crippen molar-refractivity contribution in [1.29, 1.82) is 0 Å². The lowest BCUT2D eigenvalue weighted by molar-refractivity contribution is 0.122. The normalized spacial score (nSPS) is 17.9. The second kappa shape index (κ2) is 6.10. The lowest BCUT2D eigenvalue weighted by Gasteiger charge is -2.35. The lowest BCUT2D eigenvalue weighted by Crippen LogP contribution is -2.48. The van der Waals surface area contributed by atoms with Gasteiger partial charge in [-0.1, -0.05) is 0 Å². The van der Waals surface area contributed by atoms with E-state index in [2.05, 4.69) is 19.8 Å². The molecule has 1 N–H and O–H groups in total. The summed E-state index contributed by atoms with van der Waals surface area (Å²) in [5.74, 6) is -1.17. The number of hydrogen-bond donors (Lipinski definition) is 1. The Morgan fingerprint density at radius 2 is 1.77 bits per heavy atom. The molecule has 118 valence electrons. The van der Waals surface area contributed by atoms with Gasteiger partial charge in [0, 0.05) is 44.9 Å². The molecule has 3 rings (SSSR count). The number of aliphatic hydroxyl groups is 1. The van der Waals surface area contributed by atoms with Crippen LogP contribution in [0, 0.1) is 11.6 Å². The molecule has 2 aromatic rings. The van der Waals surface area contributed by atoms with Gasteiger partial charge in [0.2, 0.25) is 0 Å². The van der Waals surface area contributed by atoms with Crippen LogP contribution in [-0.2, 0) is 0 Å². The number of rotatable bonds is 3. The molecule has 1 aliphatic rings. The zero-order valence-corrected chi connectivity index (χ0v) is 12.3. The van der Waals surface area contributed by atoms with Gasteiger partial charge < -0.3 is 10.0 Å². The Labute approximate surface area is 127 Å². The predicted octanol–water partition coefficient (Wildman–Crippen LogP) is 1.41. The van der Waals surface area contributed by atoms with Gasteiger partial charge in [0.25, 0.3) is 0 Å². The molecule has 22 heavy (non-hydrogen) atoms. The first-order valence-electron chi connectivity index (χ1n) is 7.30. The second-order valence-electron chi connectivity index (χ2n) is 5.62. The molecule has 1 aliphatic heterocycles. The Kier molecular flexibility index (Phi) is 4.17. The summed E-state index contributed by atoms with van der Waals surface area (Å²) in [5, 5.41) is 9.41. The van der Waals surface area contributed by atoms with Gasteiger partial charge >= 0.3 is 0 Å². The van der Waals surface area contributed by atoms with E-state index in [-0.39, 0.29) is 6.10 Å². The maximum Gasteiger partial charge on any atom is 0.161 e. The Morgan fingerprint density at radius 3 is 2.41 bits per heavy atom. The molecule has 0 bridgehead atoms. The molecule has 0 unspecified atom stereocenters. The van der Waals surface area contributed by atoms with Crippen molar-refractivity contribution in [1.82, 2.24) is 14.9 Å². The van der Waals surface area contributed by atoms with E-state index < -0.39 is 11.6 Å². The van der Waals surface area contributed by atoms with Crippen LogP contribution in [0.5, 0.6) is 0 Å². The third-order valence-corrected chi connectivity index (χ3v) is 3.79. The van der Waals surface area contributed by atoms with E-state index in [9.17, 15) is 13.9 Å². The Bertz CT molecular complexity index is 672. The van der Waals surface area contributed by atoms with Crippen LogP contribution in [0.3, 0.4) is 0 Å². The molecular formula is C15H18F2N4O. The number of halogens is 2. The van der Waals surface area contributed by atoms with Crippen molar-refractivity contribution in [3.05, 3.63) is 30.0 Å². The van der Waals surface area contributed by atoms with Crippen molar-refractivity contribution in [2.75, 3.05) is 37.6 Å². The first-order valence-corrected chi connectivity index (χ1v) is 7.30. The number of aliphatic hydroxyl groups excluding tert-OH is 1. The van der Waals surface area contributed by atoms with Gasteiger partial charge in [0.15, 0.2) is 11.6 Å². The van der Waals surface area contributed by atoms with Gasteiger partial charge in [-0.3, -0.25) is 9.88 Å². The minimum atomic E-state index is -0.916. The average Bonchev–Trinajstić information content (AvgIpc) is 2.48. The monoisotopic (exact) mass is 308 g/mol. The predicted molar refractivity (Wildman–Crippen MR) is 79.8 cm³/mol. The fraction of sp³-hybridized carbons (Fsp3) is 0.467. The summed E-state index contributed by atoms with van der Waals surface area (Å²) in [6.45, 7) is 5.59. The summed E-state index contributed by atoms with van der Waals surface area (Å²) in [4.78, 5) is 12.8. The minimum absolute atomic E-state index is 0.343. The van der Waals surface area contributed by atoms with E-state index in [0.29, 0.717) is 23.4 Å². The van der Waals surface area contributed by atoms with Crippen LogP contribution in [0.1, 0.15) is 6.92 Å². The minimum Gasteiger partial charge on any atom is -0.392 e. The maximum absolute atomic E-state index is 13.3. The van der Waals surface area contributed by atoms with Gasteiger partial charge in [-0.05, 0) is 6.92 Å². The number of β-amino-alcohol motifs (C(OH)–C–C–N with tert-alkyl or cyclic N) is 1. The Balaban J connectivity index is 1.76. The molecule has 0 spiro atoms. The number of fused-ring (bicyclic) bond motifs is 1. The van der Waals surface area contributed by atoms with E-state index in [1.54, 1.807) is 13.1 Å². The van der Waals surface area contributed by atoms with Crippen LogP contribution in [0.2, 0.25) is 0 Å². The molecule has 1 fully saturated rings. The van der Waals surface area contributed by atoms with Crippen molar-refractivity contribution >= 4 is 16.9 Å². The Hall–Kier alpha value is -1.86. The van der Waals surface area contributed by atoms with E-state index in [1.165, 1.54) is 0 Å². The SMILES string of the molecule is C[C@@H](O)CN1CCN(c2cnc3cc(F)c(F)cc3n2)CC1. The summed E-state index contributed by atoms with van der Waals surface area (Å²) in [6.07, 6.45) is 1.24. The highest BCUT2D eigenvalue weighted by atomic mass is 19.2. The third-order valence-electron chi connectivity index (χ3n) is 3.79. The second-order valence-corrected chi connectivity index (χ2v) is 5.62. The molecule has 1 aromatic heterocycles. The van der Waals surface area contributed by atoms with Gasteiger partial charge in [0.05, 0.1) is 23.3 Å². The number of anilines is 1. The fourth-order valence-corrected chi connectivity index (χ4v) is 2.68. The smallest absolute Gasteiger partial charge is 0.161 e. The number of nitrogens with zero attached hydrogens (tertiary/aromatic N) is 4. The Morgan fingerprint density at radius 1 is 1.14 bits per heavy atom. The van der Waals surface area contributed by atoms with Crippen molar-refractivity contribution < 1.29 is 13.9 Å². The van der Waals surface area contributed by atoms with Gasteiger partial charge in [-0.25, -0.2) is 13.8 Å².